The summed E-state index contributed by atoms with van der Waals surface area (Å²) in [5.74, 6) is 2.00. The maximum absolute atomic E-state index is 12.6. The molecule has 2 aromatic rings. The van der Waals surface area contributed by atoms with Crippen LogP contribution in [0.25, 0.3) is 0 Å². The summed E-state index contributed by atoms with van der Waals surface area (Å²) in [6.07, 6.45) is 4.69. The summed E-state index contributed by atoms with van der Waals surface area (Å²) in [7, 11) is 1.61. The Labute approximate surface area is 154 Å². The molecular formula is C20H25N3O3. The van der Waals surface area contributed by atoms with Gasteiger partial charge in [0.1, 0.15) is 11.5 Å². The first-order chi connectivity index (χ1) is 12.7. The van der Waals surface area contributed by atoms with Crippen LogP contribution in [0.2, 0.25) is 0 Å². The van der Waals surface area contributed by atoms with E-state index in [2.05, 4.69) is 15.2 Å². The molecule has 6 nitrogen and oxygen atoms in total. The van der Waals surface area contributed by atoms with Crippen molar-refractivity contribution in [2.45, 2.75) is 32.3 Å². The molecule has 1 unspecified atom stereocenters. The van der Waals surface area contributed by atoms with Gasteiger partial charge in [0.05, 0.1) is 12.8 Å². The molecule has 1 atom stereocenters. The number of piperidine rings is 1. The van der Waals surface area contributed by atoms with Gasteiger partial charge in [-0.3, -0.25) is 4.79 Å². The molecule has 138 valence electrons. The summed E-state index contributed by atoms with van der Waals surface area (Å²) in [5, 5.41) is 2.96. The van der Waals surface area contributed by atoms with E-state index in [0.29, 0.717) is 5.75 Å². The fourth-order valence-corrected chi connectivity index (χ4v) is 3.00. The predicted molar refractivity (Wildman–Crippen MR) is 102 cm³/mol. The largest absolute Gasteiger partial charge is 0.497 e. The summed E-state index contributed by atoms with van der Waals surface area (Å²) in [6, 6.07) is 10.9. The van der Waals surface area contributed by atoms with Gasteiger partial charge in [0.25, 0.3) is 5.91 Å². The normalized spacial score (nSPS) is 15.2. The predicted octanol–water partition coefficient (Wildman–Crippen LogP) is 3.49. The second-order valence-corrected chi connectivity index (χ2v) is 6.35. The topological polar surface area (TPSA) is 63.7 Å². The zero-order chi connectivity index (χ0) is 18.4. The van der Waals surface area contributed by atoms with Crippen LogP contribution in [0.15, 0.2) is 42.6 Å². The van der Waals surface area contributed by atoms with Gasteiger partial charge in [0.2, 0.25) is 0 Å². The Morgan fingerprint density at radius 2 is 1.81 bits per heavy atom. The molecule has 1 aliphatic heterocycles. The lowest BCUT2D eigenvalue weighted by Gasteiger charge is -2.29. The summed E-state index contributed by atoms with van der Waals surface area (Å²) in [5.41, 5.74) is 0.726. The third kappa shape index (κ3) is 4.45. The number of rotatable bonds is 6. The fourth-order valence-electron chi connectivity index (χ4n) is 3.00. The van der Waals surface area contributed by atoms with Crippen LogP contribution in [0.5, 0.6) is 11.5 Å². The Kier molecular flexibility index (Phi) is 5.94. The van der Waals surface area contributed by atoms with Gasteiger partial charge in [-0.25, -0.2) is 4.98 Å². The standard InChI is InChI=1S/C20H25N3O3/c1-15(26-17-10-8-16(25-2)9-11-17)20(24)22-18-7-6-12-21-19(18)23-13-4-3-5-14-23/h6-12,15H,3-5,13-14H2,1-2H3,(H,22,24). The van der Waals surface area contributed by atoms with E-state index in [0.717, 1.165) is 43.2 Å². The number of nitrogens with zero attached hydrogens (tertiary/aromatic N) is 2. The molecular weight excluding hydrogens is 330 g/mol. The monoisotopic (exact) mass is 355 g/mol. The zero-order valence-electron chi connectivity index (χ0n) is 15.3. The molecule has 1 N–H and O–H groups in total. The van der Waals surface area contributed by atoms with E-state index in [1.165, 1.54) is 6.42 Å². The van der Waals surface area contributed by atoms with E-state index in [1.54, 1.807) is 44.5 Å². The van der Waals surface area contributed by atoms with Gasteiger partial charge >= 0.3 is 0 Å². The summed E-state index contributed by atoms with van der Waals surface area (Å²) < 4.78 is 10.9. The lowest BCUT2D eigenvalue weighted by Crippen LogP contribution is -2.33. The van der Waals surface area contributed by atoms with Gasteiger partial charge in [-0.1, -0.05) is 0 Å². The highest BCUT2D eigenvalue weighted by molar-refractivity contribution is 5.96. The van der Waals surface area contributed by atoms with Crippen molar-refractivity contribution in [2.75, 3.05) is 30.4 Å². The van der Waals surface area contributed by atoms with Gasteiger partial charge in [-0.15, -0.1) is 0 Å². The lowest BCUT2D eigenvalue weighted by atomic mass is 10.1. The first-order valence-corrected chi connectivity index (χ1v) is 8.99. The van der Waals surface area contributed by atoms with Crippen LogP contribution >= 0.6 is 0 Å². The highest BCUT2D eigenvalue weighted by Gasteiger charge is 2.20. The van der Waals surface area contributed by atoms with Crippen LogP contribution in [-0.2, 0) is 4.79 Å². The number of carbonyl (C=O) groups is 1. The Morgan fingerprint density at radius 1 is 1.12 bits per heavy atom. The summed E-state index contributed by atoms with van der Waals surface area (Å²) >= 11 is 0. The number of amides is 1. The number of methoxy groups -OCH3 is 1. The first kappa shape index (κ1) is 18.0. The lowest BCUT2D eigenvalue weighted by molar-refractivity contribution is -0.122. The molecule has 2 heterocycles. The van der Waals surface area contributed by atoms with Crippen LogP contribution in [0.1, 0.15) is 26.2 Å². The van der Waals surface area contributed by atoms with Gasteiger partial charge in [-0.2, -0.15) is 0 Å². The molecule has 0 spiro atoms. The van der Waals surface area contributed by atoms with E-state index in [1.807, 2.05) is 12.1 Å². The van der Waals surface area contributed by atoms with Crippen molar-refractivity contribution in [3.8, 4) is 11.5 Å². The maximum atomic E-state index is 12.6. The van der Waals surface area contributed by atoms with Gasteiger partial charge in [0.15, 0.2) is 11.9 Å². The number of carbonyl (C=O) groups excluding carboxylic acids is 1. The number of aromatic nitrogens is 1. The molecule has 1 fully saturated rings. The average Bonchev–Trinajstić information content (AvgIpc) is 2.69. The molecule has 1 amide bonds. The van der Waals surface area contributed by atoms with Gasteiger partial charge < -0.3 is 19.7 Å². The Balaban J connectivity index is 1.65. The van der Waals surface area contributed by atoms with Gasteiger partial charge in [0, 0.05) is 19.3 Å². The SMILES string of the molecule is COc1ccc(OC(C)C(=O)Nc2cccnc2N2CCCCC2)cc1. The van der Waals surface area contributed by atoms with E-state index < -0.39 is 6.10 Å². The number of benzene rings is 1. The second-order valence-electron chi connectivity index (χ2n) is 6.35. The number of pyridine rings is 1. The molecule has 0 aliphatic carbocycles. The van der Waals surface area contributed by atoms with E-state index in [4.69, 9.17) is 9.47 Å². The molecule has 0 radical (unpaired) electrons. The van der Waals surface area contributed by atoms with Gasteiger partial charge in [-0.05, 0) is 62.6 Å². The fraction of sp³-hybridized carbons (Fsp3) is 0.400. The second kappa shape index (κ2) is 8.56. The molecule has 1 aromatic carbocycles. The number of hydrogen-bond donors (Lipinski definition) is 1. The molecule has 3 rings (SSSR count). The Bertz CT molecular complexity index is 727. The Hall–Kier alpha value is -2.76. The van der Waals surface area contributed by atoms with E-state index in [-0.39, 0.29) is 5.91 Å². The summed E-state index contributed by atoms with van der Waals surface area (Å²) in [4.78, 5) is 19.3. The number of hydrogen-bond acceptors (Lipinski definition) is 5. The van der Waals surface area contributed by atoms with Crippen molar-refractivity contribution in [1.29, 1.82) is 0 Å². The van der Waals surface area contributed by atoms with Crippen LogP contribution < -0.4 is 19.7 Å². The van der Waals surface area contributed by atoms with Crippen LogP contribution in [0.4, 0.5) is 11.5 Å². The Morgan fingerprint density at radius 3 is 2.50 bits per heavy atom. The minimum Gasteiger partial charge on any atom is -0.497 e. The highest BCUT2D eigenvalue weighted by Crippen LogP contribution is 2.26. The summed E-state index contributed by atoms with van der Waals surface area (Å²) in [6.45, 7) is 3.67. The third-order valence-electron chi connectivity index (χ3n) is 4.44. The van der Waals surface area contributed by atoms with E-state index in [9.17, 15) is 4.79 Å². The van der Waals surface area contributed by atoms with Crippen molar-refractivity contribution in [3.63, 3.8) is 0 Å². The third-order valence-corrected chi connectivity index (χ3v) is 4.44. The molecule has 0 bridgehead atoms. The molecule has 26 heavy (non-hydrogen) atoms. The smallest absolute Gasteiger partial charge is 0.265 e. The number of nitrogens with one attached hydrogen (secondary N) is 1. The molecule has 1 aliphatic rings. The van der Waals surface area contributed by atoms with Crippen molar-refractivity contribution in [3.05, 3.63) is 42.6 Å². The highest BCUT2D eigenvalue weighted by atomic mass is 16.5. The van der Waals surface area contributed by atoms with Crippen LogP contribution in [-0.4, -0.2) is 37.2 Å². The quantitative estimate of drug-likeness (QED) is 0.859. The molecule has 1 saturated heterocycles. The van der Waals surface area contributed by atoms with Crippen LogP contribution in [0, 0.1) is 0 Å². The zero-order valence-corrected chi connectivity index (χ0v) is 15.3. The van der Waals surface area contributed by atoms with E-state index >= 15 is 0 Å². The van der Waals surface area contributed by atoms with Crippen molar-refractivity contribution < 1.29 is 14.3 Å². The van der Waals surface area contributed by atoms with Crippen LogP contribution in [0.3, 0.4) is 0 Å². The van der Waals surface area contributed by atoms with Crippen molar-refractivity contribution >= 4 is 17.4 Å². The minimum absolute atomic E-state index is 0.202. The van der Waals surface area contributed by atoms with Crippen molar-refractivity contribution in [2.24, 2.45) is 0 Å². The molecule has 1 aromatic heterocycles. The number of anilines is 2. The van der Waals surface area contributed by atoms with Crippen molar-refractivity contribution in [1.82, 2.24) is 4.98 Å². The molecule has 6 heteroatoms. The average molecular weight is 355 g/mol. The molecule has 0 saturated carbocycles. The first-order valence-electron chi connectivity index (χ1n) is 8.99. The minimum atomic E-state index is -0.627. The number of ether oxygens (including phenoxy) is 2. The maximum Gasteiger partial charge on any atom is 0.265 e.